The van der Waals surface area contributed by atoms with Gasteiger partial charge in [0.05, 0.1) is 27.0 Å². The highest BCUT2D eigenvalue weighted by molar-refractivity contribution is 5.83. The van der Waals surface area contributed by atoms with Crippen LogP contribution in [0.3, 0.4) is 0 Å². The van der Waals surface area contributed by atoms with Gasteiger partial charge in [-0.05, 0) is 36.4 Å². The largest absolute Gasteiger partial charge is 0.493 e. The Kier molecular flexibility index (Phi) is 5.09. The van der Waals surface area contributed by atoms with Crippen molar-refractivity contribution >= 4 is 17.1 Å². The van der Waals surface area contributed by atoms with Gasteiger partial charge in [0.2, 0.25) is 5.75 Å². The average molecular weight is 335 g/mol. The molecule has 0 aliphatic rings. The Balaban J connectivity index is 2.24. The normalized spacial score (nSPS) is 10.2. The predicted octanol–water partition coefficient (Wildman–Crippen LogP) is 5.18. The second-order valence-electron chi connectivity index (χ2n) is 5.36. The van der Waals surface area contributed by atoms with Crippen LogP contribution in [-0.4, -0.2) is 21.3 Å². The highest BCUT2D eigenvalue weighted by Crippen LogP contribution is 2.48. The van der Waals surface area contributed by atoms with E-state index in [0.29, 0.717) is 17.2 Å². The molecule has 0 heterocycles. The van der Waals surface area contributed by atoms with Crippen molar-refractivity contribution in [3.05, 3.63) is 72.8 Å². The monoisotopic (exact) mass is 335 g/mol. The number of ether oxygens (including phenoxy) is 3. The number of methoxy groups -OCH3 is 3. The van der Waals surface area contributed by atoms with Crippen molar-refractivity contribution in [2.45, 2.75) is 0 Å². The summed E-state index contributed by atoms with van der Waals surface area (Å²) in [7, 11) is 4.86. The van der Waals surface area contributed by atoms with Crippen LogP contribution in [0.2, 0.25) is 0 Å². The zero-order valence-corrected chi connectivity index (χ0v) is 14.6. The maximum absolute atomic E-state index is 5.69. The zero-order chi connectivity index (χ0) is 17.6. The summed E-state index contributed by atoms with van der Waals surface area (Å²) >= 11 is 0. The molecule has 0 atom stereocenters. The van der Waals surface area contributed by atoms with Crippen LogP contribution in [0.25, 0.3) is 0 Å². The van der Waals surface area contributed by atoms with E-state index in [2.05, 4.69) is 29.2 Å². The molecule has 0 saturated carbocycles. The molecule has 0 fully saturated rings. The fourth-order valence-corrected chi connectivity index (χ4v) is 2.84. The minimum absolute atomic E-state index is 0.569. The van der Waals surface area contributed by atoms with Gasteiger partial charge in [-0.3, -0.25) is 0 Å². The van der Waals surface area contributed by atoms with Crippen molar-refractivity contribution in [3.8, 4) is 17.2 Å². The van der Waals surface area contributed by atoms with Crippen molar-refractivity contribution in [1.29, 1.82) is 0 Å². The second-order valence-corrected chi connectivity index (χ2v) is 5.36. The lowest BCUT2D eigenvalue weighted by Crippen LogP contribution is -2.11. The molecule has 0 aliphatic heterocycles. The number of nitrogens with zero attached hydrogens (tertiary/aromatic N) is 1. The van der Waals surface area contributed by atoms with Crippen LogP contribution in [-0.2, 0) is 0 Å². The Morgan fingerprint density at radius 1 is 0.560 bits per heavy atom. The summed E-state index contributed by atoms with van der Waals surface area (Å²) in [4.78, 5) is 2.13. The molecule has 128 valence electrons. The third kappa shape index (κ3) is 3.24. The first-order valence-corrected chi connectivity index (χ1v) is 7.99. The first-order chi connectivity index (χ1) is 12.3. The fourth-order valence-electron chi connectivity index (χ4n) is 2.84. The van der Waals surface area contributed by atoms with Crippen molar-refractivity contribution in [2.24, 2.45) is 0 Å². The zero-order valence-electron chi connectivity index (χ0n) is 14.6. The Morgan fingerprint density at radius 3 is 1.52 bits per heavy atom. The highest BCUT2D eigenvalue weighted by Gasteiger charge is 2.22. The molecular weight excluding hydrogens is 314 g/mol. The van der Waals surface area contributed by atoms with Crippen molar-refractivity contribution in [1.82, 2.24) is 0 Å². The maximum atomic E-state index is 5.69. The summed E-state index contributed by atoms with van der Waals surface area (Å²) in [6.07, 6.45) is 0. The van der Waals surface area contributed by atoms with Gasteiger partial charge in [0.15, 0.2) is 11.5 Å². The van der Waals surface area contributed by atoms with Gasteiger partial charge in [-0.2, -0.15) is 0 Å². The van der Waals surface area contributed by atoms with Gasteiger partial charge in [0.1, 0.15) is 0 Å². The molecule has 3 aromatic rings. The molecule has 0 saturated heterocycles. The second kappa shape index (κ2) is 7.62. The quantitative estimate of drug-likeness (QED) is 0.621. The highest BCUT2D eigenvalue weighted by atomic mass is 16.5. The molecule has 0 amide bonds. The Morgan fingerprint density at radius 2 is 1.08 bits per heavy atom. The van der Waals surface area contributed by atoms with E-state index in [1.165, 1.54) is 0 Å². The molecule has 0 bridgehead atoms. The minimum Gasteiger partial charge on any atom is -0.493 e. The third-order valence-electron chi connectivity index (χ3n) is 3.95. The van der Waals surface area contributed by atoms with E-state index in [-0.39, 0.29) is 0 Å². The molecule has 0 aromatic heterocycles. The minimum atomic E-state index is 0.569. The van der Waals surface area contributed by atoms with Gasteiger partial charge >= 0.3 is 0 Å². The summed E-state index contributed by atoms with van der Waals surface area (Å²) in [5.41, 5.74) is 2.93. The molecule has 0 N–H and O–H groups in total. The van der Waals surface area contributed by atoms with Crippen molar-refractivity contribution in [2.75, 3.05) is 26.2 Å². The van der Waals surface area contributed by atoms with E-state index in [4.69, 9.17) is 14.2 Å². The van der Waals surface area contributed by atoms with Crippen molar-refractivity contribution in [3.63, 3.8) is 0 Å². The van der Waals surface area contributed by atoms with Crippen LogP contribution >= 0.6 is 0 Å². The van der Waals surface area contributed by atoms with Crippen LogP contribution in [0.5, 0.6) is 17.2 Å². The standard InChI is InChI=1S/C21H21NO3/c1-23-19-15-14-18(20(24-2)21(19)25-3)22(16-10-6-4-7-11-16)17-12-8-5-9-13-17/h4-15H,1-3H3. The van der Waals surface area contributed by atoms with Gasteiger partial charge in [-0.25, -0.2) is 0 Å². The average Bonchev–Trinajstić information content (AvgIpc) is 2.69. The molecule has 4 nitrogen and oxygen atoms in total. The summed E-state index contributed by atoms with van der Waals surface area (Å²) in [5, 5.41) is 0. The first-order valence-electron chi connectivity index (χ1n) is 7.99. The molecule has 0 radical (unpaired) electrons. The van der Waals surface area contributed by atoms with Gasteiger partial charge in [0.25, 0.3) is 0 Å². The molecule has 0 spiro atoms. The Bertz CT molecular complexity index is 780. The molecule has 0 aliphatic carbocycles. The number of anilines is 3. The van der Waals surface area contributed by atoms with Gasteiger partial charge in [0, 0.05) is 11.4 Å². The molecular formula is C21H21NO3. The Labute approximate surface area is 148 Å². The van der Waals surface area contributed by atoms with Crippen LogP contribution < -0.4 is 19.1 Å². The third-order valence-corrected chi connectivity index (χ3v) is 3.95. The lowest BCUT2D eigenvalue weighted by Gasteiger charge is -2.28. The van der Waals surface area contributed by atoms with E-state index in [0.717, 1.165) is 17.1 Å². The number of para-hydroxylation sites is 2. The van der Waals surface area contributed by atoms with Crippen LogP contribution in [0.4, 0.5) is 17.1 Å². The smallest absolute Gasteiger partial charge is 0.205 e. The molecule has 3 rings (SSSR count). The van der Waals surface area contributed by atoms with E-state index < -0.39 is 0 Å². The molecule has 0 unspecified atom stereocenters. The van der Waals surface area contributed by atoms with Crippen LogP contribution in [0.1, 0.15) is 0 Å². The van der Waals surface area contributed by atoms with Crippen LogP contribution in [0, 0.1) is 0 Å². The predicted molar refractivity (Wildman–Crippen MR) is 101 cm³/mol. The first kappa shape index (κ1) is 16.7. The fraction of sp³-hybridized carbons (Fsp3) is 0.143. The summed E-state index contributed by atoms with van der Waals surface area (Å²) in [6.45, 7) is 0. The van der Waals surface area contributed by atoms with E-state index in [9.17, 15) is 0 Å². The number of hydrogen-bond donors (Lipinski definition) is 0. The lowest BCUT2D eigenvalue weighted by atomic mass is 10.1. The lowest BCUT2D eigenvalue weighted by molar-refractivity contribution is 0.325. The SMILES string of the molecule is COc1ccc(N(c2ccccc2)c2ccccc2)c(OC)c1OC. The van der Waals surface area contributed by atoms with E-state index in [1.54, 1.807) is 21.3 Å². The Hall–Kier alpha value is -3.14. The summed E-state index contributed by atoms with van der Waals surface area (Å²) in [6, 6.07) is 24.1. The van der Waals surface area contributed by atoms with Crippen molar-refractivity contribution < 1.29 is 14.2 Å². The van der Waals surface area contributed by atoms with Gasteiger partial charge in [-0.1, -0.05) is 36.4 Å². The maximum Gasteiger partial charge on any atom is 0.205 e. The van der Waals surface area contributed by atoms with Gasteiger partial charge < -0.3 is 19.1 Å². The number of rotatable bonds is 6. The molecule has 4 heteroatoms. The van der Waals surface area contributed by atoms with E-state index >= 15 is 0 Å². The van der Waals surface area contributed by atoms with Crippen LogP contribution in [0.15, 0.2) is 72.8 Å². The van der Waals surface area contributed by atoms with Gasteiger partial charge in [-0.15, -0.1) is 0 Å². The van der Waals surface area contributed by atoms with E-state index in [1.807, 2.05) is 48.5 Å². The molecule has 25 heavy (non-hydrogen) atoms. The molecule has 3 aromatic carbocycles. The number of hydrogen-bond acceptors (Lipinski definition) is 4. The summed E-state index contributed by atoms with van der Waals surface area (Å²) in [5.74, 6) is 1.82. The topological polar surface area (TPSA) is 30.9 Å². The summed E-state index contributed by atoms with van der Waals surface area (Å²) < 4.78 is 16.6. The number of benzene rings is 3.